The van der Waals surface area contributed by atoms with Crippen LogP contribution in [-0.4, -0.2) is 16.3 Å². The van der Waals surface area contributed by atoms with Gasteiger partial charge < -0.3 is 5.32 Å². The lowest BCUT2D eigenvalue weighted by Crippen LogP contribution is -2.07. The molecular weight excluding hydrogens is 188 g/mol. The molecule has 4 heteroatoms. The molecule has 0 bridgehead atoms. The molecule has 0 radical (unpaired) electrons. The van der Waals surface area contributed by atoms with Crippen molar-refractivity contribution in [3.8, 4) is 6.07 Å². The van der Waals surface area contributed by atoms with Crippen LogP contribution >= 0.6 is 0 Å². The smallest absolute Gasteiger partial charge is 0.142 e. The number of nitriles is 1. The van der Waals surface area contributed by atoms with E-state index in [1.165, 1.54) is 19.3 Å². The minimum atomic E-state index is 0.674. The summed E-state index contributed by atoms with van der Waals surface area (Å²) in [5, 5.41) is 16.5. The van der Waals surface area contributed by atoms with Gasteiger partial charge in [-0.25, -0.2) is 0 Å². The SMILES string of the molecule is Cc1nn(C)c(NCCC2CC2)c1C#N. The van der Waals surface area contributed by atoms with Crippen LogP contribution < -0.4 is 5.32 Å². The summed E-state index contributed by atoms with van der Waals surface area (Å²) in [6.45, 7) is 2.81. The monoisotopic (exact) mass is 204 g/mol. The molecule has 1 aliphatic carbocycles. The highest BCUT2D eigenvalue weighted by Crippen LogP contribution is 2.32. The molecule has 1 aliphatic rings. The Morgan fingerprint density at radius 3 is 2.93 bits per heavy atom. The number of aromatic nitrogens is 2. The Bertz CT molecular complexity index is 395. The van der Waals surface area contributed by atoms with Crippen LogP contribution in [0.4, 0.5) is 5.82 Å². The molecule has 1 aromatic heterocycles. The molecule has 0 spiro atoms. The van der Waals surface area contributed by atoms with E-state index >= 15 is 0 Å². The lowest BCUT2D eigenvalue weighted by Gasteiger charge is -2.05. The molecule has 1 aromatic rings. The fourth-order valence-electron chi connectivity index (χ4n) is 1.80. The lowest BCUT2D eigenvalue weighted by atomic mass is 10.2. The molecule has 1 heterocycles. The topological polar surface area (TPSA) is 53.6 Å². The third-order valence-corrected chi connectivity index (χ3v) is 2.88. The van der Waals surface area contributed by atoms with Gasteiger partial charge in [0, 0.05) is 13.6 Å². The molecule has 1 saturated carbocycles. The van der Waals surface area contributed by atoms with Crippen molar-refractivity contribution in [2.24, 2.45) is 13.0 Å². The lowest BCUT2D eigenvalue weighted by molar-refractivity contribution is 0.729. The van der Waals surface area contributed by atoms with E-state index in [4.69, 9.17) is 5.26 Å². The Kier molecular flexibility index (Phi) is 2.63. The van der Waals surface area contributed by atoms with Gasteiger partial charge in [0.1, 0.15) is 17.5 Å². The summed E-state index contributed by atoms with van der Waals surface area (Å²) >= 11 is 0. The fourth-order valence-corrected chi connectivity index (χ4v) is 1.80. The zero-order chi connectivity index (χ0) is 10.8. The molecule has 0 aliphatic heterocycles. The van der Waals surface area contributed by atoms with Gasteiger partial charge in [-0.05, 0) is 19.3 Å². The van der Waals surface area contributed by atoms with Gasteiger partial charge in [0.05, 0.1) is 5.69 Å². The van der Waals surface area contributed by atoms with Gasteiger partial charge in [0.2, 0.25) is 0 Å². The average Bonchev–Trinajstić information content (AvgIpc) is 2.95. The normalized spacial score (nSPS) is 15.0. The highest BCUT2D eigenvalue weighted by molar-refractivity contribution is 5.54. The van der Waals surface area contributed by atoms with E-state index in [0.717, 1.165) is 24.0 Å². The van der Waals surface area contributed by atoms with Crippen molar-refractivity contribution in [3.63, 3.8) is 0 Å². The Labute approximate surface area is 89.9 Å². The van der Waals surface area contributed by atoms with E-state index in [0.29, 0.717) is 5.56 Å². The standard InChI is InChI=1S/C11H16N4/c1-8-10(7-12)11(15(2)14-8)13-6-5-9-3-4-9/h9,13H,3-6H2,1-2H3. The molecule has 0 amide bonds. The van der Waals surface area contributed by atoms with E-state index in [1.54, 1.807) is 4.68 Å². The van der Waals surface area contributed by atoms with E-state index in [1.807, 2.05) is 14.0 Å². The number of anilines is 1. The van der Waals surface area contributed by atoms with Crippen LogP contribution in [0.5, 0.6) is 0 Å². The van der Waals surface area contributed by atoms with Gasteiger partial charge in [-0.2, -0.15) is 10.4 Å². The van der Waals surface area contributed by atoms with E-state index < -0.39 is 0 Å². The zero-order valence-electron chi connectivity index (χ0n) is 9.25. The van der Waals surface area contributed by atoms with Crippen LogP contribution in [0.3, 0.4) is 0 Å². The maximum atomic E-state index is 8.99. The van der Waals surface area contributed by atoms with Gasteiger partial charge in [0.15, 0.2) is 0 Å². The van der Waals surface area contributed by atoms with Gasteiger partial charge in [-0.15, -0.1) is 0 Å². The third kappa shape index (κ3) is 2.12. The third-order valence-electron chi connectivity index (χ3n) is 2.88. The Morgan fingerprint density at radius 1 is 1.60 bits per heavy atom. The van der Waals surface area contributed by atoms with Crippen molar-refractivity contribution in [1.29, 1.82) is 5.26 Å². The molecule has 0 atom stereocenters. The molecular formula is C11H16N4. The minimum Gasteiger partial charge on any atom is -0.369 e. The number of nitrogens with zero attached hydrogens (tertiary/aromatic N) is 3. The Balaban J connectivity index is 2.02. The van der Waals surface area contributed by atoms with Crippen molar-refractivity contribution in [2.45, 2.75) is 26.2 Å². The maximum Gasteiger partial charge on any atom is 0.142 e. The van der Waals surface area contributed by atoms with Crippen LogP contribution in [-0.2, 0) is 7.05 Å². The van der Waals surface area contributed by atoms with E-state index in [-0.39, 0.29) is 0 Å². The highest BCUT2D eigenvalue weighted by Gasteiger charge is 2.21. The second-order valence-electron chi connectivity index (χ2n) is 4.20. The molecule has 0 saturated heterocycles. The number of aryl methyl sites for hydroxylation is 2. The molecule has 0 aromatic carbocycles. The molecule has 4 nitrogen and oxygen atoms in total. The van der Waals surface area contributed by atoms with Gasteiger partial charge >= 0.3 is 0 Å². The first-order valence-corrected chi connectivity index (χ1v) is 5.40. The fraction of sp³-hybridized carbons (Fsp3) is 0.636. The molecule has 0 unspecified atom stereocenters. The van der Waals surface area contributed by atoms with E-state index in [2.05, 4.69) is 16.5 Å². The summed E-state index contributed by atoms with van der Waals surface area (Å²) in [6.07, 6.45) is 3.95. The number of rotatable bonds is 4. The first-order valence-electron chi connectivity index (χ1n) is 5.40. The van der Waals surface area contributed by atoms with Crippen LogP contribution in [0.25, 0.3) is 0 Å². The first kappa shape index (κ1) is 10.0. The second kappa shape index (κ2) is 3.93. The molecule has 1 fully saturated rings. The van der Waals surface area contributed by atoms with Gasteiger partial charge in [-0.1, -0.05) is 12.8 Å². The van der Waals surface area contributed by atoms with Crippen molar-refractivity contribution in [1.82, 2.24) is 9.78 Å². The van der Waals surface area contributed by atoms with Crippen molar-refractivity contribution in [3.05, 3.63) is 11.3 Å². The predicted octanol–water partition coefficient (Wildman–Crippen LogP) is 1.81. The minimum absolute atomic E-state index is 0.674. The van der Waals surface area contributed by atoms with Crippen LogP contribution in [0.2, 0.25) is 0 Å². The maximum absolute atomic E-state index is 8.99. The summed E-state index contributed by atoms with van der Waals surface area (Å²) in [7, 11) is 1.87. The molecule has 1 N–H and O–H groups in total. The molecule has 15 heavy (non-hydrogen) atoms. The van der Waals surface area contributed by atoms with Crippen molar-refractivity contribution in [2.75, 3.05) is 11.9 Å². The summed E-state index contributed by atoms with van der Waals surface area (Å²) in [6, 6.07) is 2.19. The number of hydrogen-bond donors (Lipinski definition) is 1. The summed E-state index contributed by atoms with van der Waals surface area (Å²) in [5.41, 5.74) is 1.47. The molecule has 80 valence electrons. The number of nitrogens with one attached hydrogen (secondary N) is 1. The van der Waals surface area contributed by atoms with Crippen molar-refractivity contribution < 1.29 is 0 Å². The van der Waals surface area contributed by atoms with Crippen LogP contribution in [0, 0.1) is 24.2 Å². The summed E-state index contributed by atoms with van der Waals surface area (Å²) < 4.78 is 1.75. The van der Waals surface area contributed by atoms with Gasteiger partial charge in [0.25, 0.3) is 0 Å². The van der Waals surface area contributed by atoms with E-state index in [9.17, 15) is 0 Å². The van der Waals surface area contributed by atoms with Gasteiger partial charge in [-0.3, -0.25) is 4.68 Å². The predicted molar refractivity (Wildman–Crippen MR) is 58.5 cm³/mol. The Hall–Kier alpha value is -1.50. The summed E-state index contributed by atoms with van der Waals surface area (Å²) in [5.74, 6) is 1.77. The quantitative estimate of drug-likeness (QED) is 0.813. The average molecular weight is 204 g/mol. The second-order valence-corrected chi connectivity index (χ2v) is 4.20. The van der Waals surface area contributed by atoms with Crippen LogP contribution in [0.15, 0.2) is 0 Å². The largest absolute Gasteiger partial charge is 0.369 e. The van der Waals surface area contributed by atoms with Crippen molar-refractivity contribution >= 4 is 5.82 Å². The first-order chi connectivity index (χ1) is 7.22. The molecule has 2 rings (SSSR count). The number of hydrogen-bond acceptors (Lipinski definition) is 3. The highest BCUT2D eigenvalue weighted by atomic mass is 15.3. The summed E-state index contributed by atoms with van der Waals surface area (Å²) in [4.78, 5) is 0. The zero-order valence-corrected chi connectivity index (χ0v) is 9.25. The van der Waals surface area contributed by atoms with Crippen LogP contribution in [0.1, 0.15) is 30.5 Å². The Morgan fingerprint density at radius 2 is 2.33 bits per heavy atom.